The van der Waals surface area contributed by atoms with E-state index in [9.17, 15) is 0 Å². The van der Waals surface area contributed by atoms with Crippen LogP contribution in [0, 0.1) is 0 Å². The number of nitrogens with two attached hydrogens (primary N) is 1. The zero-order valence-electron chi connectivity index (χ0n) is 15.6. The molecule has 1 aromatic heterocycles. The van der Waals surface area contributed by atoms with Gasteiger partial charge < -0.3 is 11.1 Å². The third-order valence-corrected chi connectivity index (χ3v) is 5.51. The monoisotopic (exact) mass is 344 g/mol. The van der Waals surface area contributed by atoms with E-state index in [1.54, 1.807) is 0 Å². The standard InChI is InChI=1S/C19H32N6/c1-3-4-5-11-19(13-22-25(2)14-19)17-10-12-21-18(24-17)23-16-8-6-15(20)7-9-16/h10,12-13,15-16H,3-9,11,14,20H2,1-2H3,(H,21,23,24). The molecule has 138 valence electrons. The SMILES string of the molecule is CCCCCC1(c2ccnc(NC3CCC(N)CC3)n2)C=NN(C)C1. The number of hydrazone groups is 1. The second kappa shape index (κ2) is 8.13. The summed E-state index contributed by atoms with van der Waals surface area (Å²) < 4.78 is 0. The van der Waals surface area contributed by atoms with Gasteiger partial charge in [0, 0.05) is 31.5 Å². The summed E-state index contributed by atoms with van der Waals surface area (Å²) in [5, 5.41) is 10.1. The van der Waals surface area contributed by atoms with Crippen LogP contribution in [-0.4, -0.2) is 46.9 Å². The van der Waals surface area contributed by atoms with Crippen molar-refractivity contribution in [1.82, 2.24) is 15.0 Å². The number of rotatable bonds is 7. The van der Waals surface area contributed by atoms with Crippen LogP contribution >= 0.6 is 0 Å². The van der Waals surface area contributed by atoms with E-state index in [2.05, 4.69) is 34.6 Å². The molecule has 0 spiro atoms. The summed E-state index contributed by atoms with van der Waals surface area (Å²) >= 11 is 0. The molecule has 1 aliphatic heterocycles. The molecule has 0 amide bonds. The van der Waals surface area contributed by atoms with E-state index in [4.69, 9.17) is 10.7 Å². The second-order valence-electron chi connectivity index (χ2n) is 7.70. The van der Waals surface area contributed by atoms with Gasteiger partial charge in [0.05, 0.1) is 17.7 Å². The van der Waals surface area contributed by atoms with E-state index in [1.807, 2.05) is 18.3 Å². The van der Waals surface area contributed by atoms with Crippen LogP contribution in [0.2, 0.25) is 0 Å². The lowest BCUT2D eigenvalue weighted by Crippen LogP contribution is -2.35. The summed E-state index contributed by atoms with van der Waals surface area (Å²) in [6.45, 7) is 3.13. The Hall–Kier alpha value is -1.69. The van der Waals surface area contributed by atoms with Crippen molar-refractivity contribution in [2.24, 2.45) is 10.8 Å². The van der Waals surface area contributed by atoms with Crippen molar-refractivity contribution in [2.75, 3.05) is 18.9 Å². The normalized spacial score (nSPS) is 29.2. The number of aromatic nitrogens is 2. The Morgan fingerprint density at radius 2 is 2.08 bits per heavy atom. The van der Waals surface area contributed by atoms with Crippen molar-refractivity contribution in [2.45, 2.75) is 75.8 Å². The van der Waals surface area contributed by atoms with Gasteiger partial charge in [-0.15, -0.1) is 0 Å². The summed E-state index contributed by atoms with van der Waals surface area (Å²) in [5.41, 5.74) is 7.01. The van der Waals surface area contributed by atoms with Crippen LogP contribution in [0.1, 0.15) is 64.0 Å². The topological polar surface area (TPSA) is 79.4 Å². The summed E-state index contributed by atoms with van der Waals surface area (Å²) in [5.74, 6) is 0.746. The molecule has 3 N–H and O–H groups in total. The molecule has 2 heterocycles. The first-order valence-electron chi connectivity index (χ1n) is 9.73. The molecule has 0 bridgehead atoms. The Bertz CT molecular complexity index is 581. The lowest BCUT2D eigenvalue weighted by Gasteiger charge is -2.29. The lowest BCUT2D eigenvalue weighted by molar-refractivity contribution is 0.322. The minimum Gasteiger partial charge on any atom is -0.351 e. The number of hydrogen-bond acceptors (Lipinski definition) is 6. The summed E-state index contributed by atoms with van der Waals surface area (Å²) in [4.78, 5) is 9.34. The molecular formula is C19H32N6. The molecule has 0 saturated heterocycles. The quantitative estimate of drug-likeness (QED) is 0.744. The maximum atomic E-state index is 6.01. The van der Waals surface area contributed by atoms with Crippen molar-refractivity contribution in [3.05, 3.63) is 18.0 Å². The van der Waals surface area contributed by atoms with Crippen molar-refractivity contribution in [3.8, 4) is 0 Å². The largest absolute Gasteiger partial charge is 0.351 e. The van der Waals surface area contributed by atoms with Gasteiger partial charge in [0.1, 0.15) is 0 Å². The molecule has 1 atom stereocenters. The molecule has 1 saturated carbocycles. The van der Waals surface area contributed by atoms with E-state index in [1.165, 1.54) is 19.3 Å². The number of likely N-dealkylation sites (N-methyl/N-ethyl adjacent to an activating group) is 1. The van der Waals surface area contributed by atoms with Gasteiger partial charge in [-0.25, -0.2) is 9.97 Å². The molecule has 1 unspecified atom stereocenters. The first-order valence-corrected chi connectivity index (χ1v) is 9.73. The van der Waals surface area contributed by atoms with Gasteiger partial charge >= 0.3 is 0 Å². The highest BCUT2D eigenvalue weighted by Crippen LogP contribution is 2.32. The molecule has 3 rings (SSSR count). The minimum absolute atomic E-state index is 0.0851. The molecule has 1 aromatic rings. The number of nitrogens with one attached hydrogen (secondary N) is 1. The highest BCUT2D eigenvalue weighted by molar-refractivity contribution is 5.75. The average Bonchev–Trinajstić information content (AvgIpc) is 3.00. The van der Waals surface area contributed by atoms with E-state index in [0.717, 1.165) is 50.3 Å². The van der Waals surface area contributed by atoms with Crippen molar-refractivity contribution in [3.63, 3.8) is 0 Å². The Morgan fingerprint density at radius 3 is 2.76 bits per heavy atom. The maximum Gasteiger partial charge on any atom is 0.223 e. The Labute approximate surface area is 151 Å². The molecule has 6 nitrogen and oxygen atoms in total. The van der Waals surface area contributed by atoms with Crippen LogP contribution in [0.3, 0.4) is 0 Å². The van der Waals surface area contributed by atoms with Gasteiger partial charge in [-0.1, -0.05) is 26.2 Å². The smallest absolute Gasteiger partial charge is 0.223 e. The van der Waals surface area contributed by atoms with E-state index < -0.39 is 0 Å². The molecule has 25 heavy (non-hydrogen) atoms. The van der Waals surface area contributed by atoms with Crippen LogP contribution < -0.4 is 11.1 Å². The zero-order chi connectivity index (χ0) is 17.7. The van der Waals surface area contributed by atoms with Crippen molar-refractivity contribution < 1.29 is 0 Å². The summed E-state index contributed by atoms with van der Waals surface area (Å²) in [6, 6.07) is 2.85. The van der Waals surface area contributed by atoms with E-state index in [0.29, 0.717) is 12.1 Å². The van der Waals surface area contributed by atoms with Gasteiger partial charge in [-0.2, -0.15) is 5.10 Å². The minimum atomic E-state index is -0.0851. The van der Waals surface area contributed by atoms with Gasteiger partial charge in [0.25, 0.3) is 0 Å². The molecule has 6 heteroatoms. The Kier molecular flexibility index (Phi) is 5.89. The van der Waals surface area contributed by atoms with Gasteiger partial charge in [-0.05, 0) is 38.2 Å². The number of unbranched alkanes of at least 4 members (excludes halogenated alkanes) is 2. The first-order chi connectivity index (χ1) is 12.1. The number of hydrogen-bond donors (Lipinski definition) is 2. The van der Waals surface area contributed by atoms with Crippen LogP contribution in [0.4, 0.5) is 5.95 Å². The third-order valence-electron chi connectivity index (χ3n) is 5.51. The fourth-order valence-corrected chi connectivity index (χ4v) is 3.96. The van der Waals surface area contributed by atoms with Crippen LogP contribution in [0.15, 0.2) is 17.4 Å². The maximum absolute atomic E-state index is 6.01. The van der Waals surface area contributed by atoms with Crippen LogP contribution in [-0.2, 0) is 5.41 Å². The predicted molar refractivity (Wildman–Crippen MR) is 103 cm³/mol. The number of anilines is 1. The number of nitrogens with zero attached hydrogens (tertiary/aromatic N) is 4. The van der Waals surface area contributed by atoms with Crippen LogP contribution in [0.5, 0.6) is 0 Å². The average molecular weight is 345 g/mol. The fraction of sp³-hybridized carbons (Fsp3) is 0.737. The van der Waals surface area contributed by atoms with Crippen molar-refractivity contribution in [1.29, 1.82) is 0 Å². The third kappa shape index (κ3) is 4.48. The van der Waals surface area contributed by atoms with Gasteiger partial charge in [-0.3, -0.25) is 5.01 Å². The molecule has 1 aliphatic carbocycles. The summed E-state index contributed by atoms with van der Waals surface area (Å²) in [7, 11) is 2.03. The molecule has 1 fully saturated rings. The van der Waals surface area contributed by atoms with Gasteiger partial charge in [0.15, 0.2) is 0 Å². The van der Waals surface area contributed by atoms with E-state index >= 15 is 0 Å². The molecular weight excluding hydrogens is 312 g/mol. The molecule has 0 radical (unpaired) electrons. The van der Waals surface area contributed by atoms with Crippen molar-refractivity contribution >= 4 is 12.2 Å². The summed E-state index contributed by atoms with van der Waals surface area (Å²) in [6.07, 6.45) is 13.1. The Morgan fingerprint density at radius 1 is 1.28 bits per heavy atom. The highest BCUT2D eigenvalue weighted by Gasteiger charge is 2.37. The lowest BCUT2D eigenvalue weighted by atomic mass is 9.80. The first kappa shape index (κ1) is 18.1. The fourth-order valence-electron chi connectivity index (χ4n) is 3.96. The second-order valence-corrected chi connectivity index (χ2v) is 7.70. The predicted octanol–water partition coefficient (Wildman–Crippen LogP) is 2.91. The zero-order valence-corrected chi connectivity index (χ0v) is 15.6. The molecule has 0 aromatic carbocycles. The molecule has 2 aliphatic rings. The highest BCUT2D eigenvalue weighted by atomic mass is 15.5. The van der Waals surface area contributed by atoms with E-state index in [-0.39, 0.29) is 5.41 Å². The van der Waals surface area contributed by atoms with Gasteiger partial charge in [0.2, 0.25) is 5.95 Å². The Balaban J connectivity index is 1.72. The van der Waals surface area contributed by atoms with Crippen LogP contribution in [0.25, 0.3) is 0 Å².